The Hall–Kier alpha value is -3.24. The summed E-state index contributed by atoms with van der Waals surface area (Å²) in [5, 5.41) is 13.6. The van der Waals surface area contributed by atoms with Crippen LogP contribution in [-0.4, -0.2) is 37.0 Å². The maximum absolute atomic E-state index is 13.6. The van der Waals surface area contributed by atoms with Crippen LogP contribution in [0.25, 0.3) is 5.69 Å². The molecule has 0 fully saturated rings. The first kappa shape index (κ1) is 20.7. The SMILES string of the molecule is COc1c2c(cc3c1C(c1c([O-])n(-c4ccc(Br)cc4)c(=O)[nH]c1=O)[NH+](C)CC3)OCO2. The number of quaternary nitrogens is 1. The fourth-order valence-corrected chi connectivity index (χ4v) is 4.79. The number of benzene rings is 2. The molecule has 0 spiro atoms. The molecular formula is C22H20BrN3O6. The van der Waals surface area contributed by atoms with E-state index in [1.54, 1.807) is 24.3 Å². The minimum atomic E-state index is -0.780. The van der Waals surface area contributed by atoms with Gasteiger partial charge < -0.3 is 24.2 Å². The molecule has 32 heavy (non-hydrogen) atoms. The topological polar surface area (TPSA) is 110 Å². The number of halogens is 1. The second-order valence-electron chi connectivity index (χ2n) is 7.79. The number of ether oxygens (including phenoxy) is 3. The van der Waals surface area contributed by atoms with Gasteiger partial charge in [-0.2, -0.15) is 0 Å². The quantitative estimate of drug-likeness (QED) is 0.532. The number of likely N-dealkylation sites (N-methyl/N-ethyl adjacent to an activating group) is 1. The summed E-state index contributed by atoms with van der Waals surface area (Å²) < 4.78 is 18.6. The molecular weight excluding hydrogens is 482 g/mol. The molecule has 9 nitrogen and oxygen atoms in total. The van der Waals surface area contributed by atoms with Gasteiger partial charge in [0.15, 0.2) is 11.5 Å². The molecule has 0 saturated carbocycles. The molecule has 0 aliphatic carbocycles. The van der Waals surface area contributed by atoms with Crippen molar-refractivity contribution in [3.8, 4) is 28.8 Å². The van der Waals surface area contributed by atoms with Crippen LogP contribution in [0.5, 0.6) is 23.1 Å². The molecule has 2 N–H and O–H groups in total. The van der Waals surface area contributed by atoms with Crippen molar-refractivity contribution in [2.45, 2.75) is 12.5 Å². The largest absolute Gasteiger partial charge is 0.859 e. The molecule has 10 heteroatoms. The highest BCUT2D eigenvalue weighted by Gasteiger charge is 2.39. The van der Waals surface area contributed by atoms with Crippen molar-refractivity contribution in [3.05, 3.63) is 72.3 Å². The van der Waals surface area contributed by atoms with Crippen molar-refractivity contribution in [1.82, 2.24) is 9.55 Å². The second kappa shape index (κ2) is 7.72. The van der Waals surface area contributed by atoms with Crippen LogP contribution in [0.2, 0.25) is 0 Å². The number of hydrogen-bond donors (Lipinski definition) is 2. The van der Waals surface area contributed by atoms with Gasteiger partial charge in [0.2, 0.25) is 12.5 Å². The first-order valence-corrected chi connectivity index (χ1v) is 10.8. The van der Waals surface area contributed by atoms with E-state index in [-0.39, 0.29) is 12.4 Å². The van der Waals surface area contributed by atoms with Gasteiger partial charge in [-0.05, 0) is 41.8 Å². The fraction of sp³-hybridized carbons (Fsp3) is 0.273. The van der Waals surface area contributed by atoms with Crippen LogP contribution in [0.1, 0.15) is 22.7 Å². The molecule has 5 rings (SSSR count). The van der Waals surface area contributed by atoms with Gasteiger partial charge >= 0.3 is 5.69 Å². The van der Waals surface area contributed by atoms with Gasteiger partial charge in [0, 0.05) is 16.6 Å². The summed E-state index contributed by atoms with van der Waals surface area (Å²) in [6.45, 7) is 0.751. The Morgan fingerprint density at radius 1 is 1.22 bits per heavy atom. The third-order valence-electron chi connectivity index (χ3n) is 5.99. The average Bonchev–Trinajstić information content (AvgIpc) is 3.23. The van der Waals surface area contributed by atoms with E-state index in [0.29, 0.717) is 41.5 Å². The number of H-pyrrole nitrogens is 1. The Kier molecular flexibility index (Phi) is 4.98. The van der Waals surface area contributed by atoms with Gasteiger partial charge in [0.05, 0.1) is 31.8 Å². The number of aromatic nitrogens is 2. The molecule has 2 aromatic carbocycles. The number of hydrogen-bond acceptors (Lipinski definition) is 6. The van der Waals surface area contributed by atoms with E-state index in [2.05, 4.69) is 20.9 Å². The first-order chi connectivity index (χ1) is 15.4. The van der Waals surface area contributed by atoms with Gasteiger partial charge in [-0.3, -0.25) is 14.3 Å². The summed E-state index contributed by atoms with van der Waals surface area (Å²) >= 11 is 3.35. The van der Waals surface area contributed by atoms with Crippen LogP contribution in [-0.2, 0) is 6.42 Å². The summed E-state index contributed by atoms with van der Waals surface area (Å²) in [7, 11) is 3.43. The van der Waals surface area contributed by atoms with Crippen molar-refractivity contribution in [2.24, 2.45) is 0 Å². The number of methoxy groups -OCH3 is 1. The van der Waals surface area contributed by atoms with Crippen LogP contribution >= 0.6 is 15.9 Å². The lowest BCUT2D eigenvalue weighted by molar-refractivity contribution is -0.908. The Morgan fingerprint density at radius 3 is 2.69 bits per heavy atom. The van der Waals surface area contributed by atoms with E-state index in [1.807, 2.05) is 13.1 Å². The molecule has 0 bridgehead atoms. The van der Waals surface area contributed by atoms with Crippen molar-refractivity contribution in [2.75, 3.05) is 27.5 Å². The van der Waals surface area contributed by atoms with Crippen molar-refractivity contribution >= 4 is 15.9 Å². The van der Waals surface area contributed by atoms with Gasteiger partial charge in [-0.25, -0.2) is 4.79 Å². The van der Waals surface area contributed by atoms with E-state index in [4.69, 9.17) is 14.2 Å². The molecule has 0 saturated heterocycles. The number of fused-ring (bicyclic) bond motifs is 2. The third kappa shape index (κ3) is 3.09. The minimum absolute atomic E-state index is 0.0249. The zero-order chi connectivity index (χ0) is 22.6. The third-order valence-corrected chi connectivity index (χ3v) is 6.52. The maximum Gasteiger partial charge on any atom is 0.332 e. The maximum atomic E-state index is 13.6. The van der Waals surface area contributed by atoms with Crippen molar-refractivity contribution in [3.63, 3.8) is 0 Å². The molecule has 3 heterocycles. The van der Waals surface area contributed by atoms with Gasteiger partial charge in [-0.1, -0.05) is 15.9 Å². The highest BCUT2D eigenvalue weighted by atomic mass is 79.9. The van der Waals surface area contributed by atoms with Crippen LogP contribution in [0.3, 0.4) is 0 Å². The van der Waals surface area contributed by atoms with E-state index >= 15 is 0 Å². The normalized spacial score (nSPS) is 19.0. The average molecular weight is 502 g/mol. The lowest BCUT2D eigenvalue weighted by Crippen LogP contribution is -3.10. The number of rotatable bonds is 3. The summed E-state index contributed by atoms with van der Waals surface area (Å²) in [6.07, 6.45) is 0.711. The number of aromatic amines is 1. The van der Waals surface area contributed by atoms with E-state index < -0.39 is 23.2 Å². The van der Waals surface area contributed by atoms with Crippen molar-refractivity contribution < 1.29 is 24.2 Å². The smallest absolute Gasteiger partial charge is 0.332 e. The zero-order valence-electron chi connectivity index (χ0n) is 17.4. The van der Waals surface area contributed by atoms with Crippen LogP contribution in [0, 0.1) is 0 Å². The standard InChI is InChI=1S/C22H20BrN3O6/c1-25-8-7-11-9-14-18(32-10-31-14)19(30-2)15(11)17(25)16-20(27)24-22(29)26(21(16)28)13-5-3-12(23)4-6-13/h3-6,9,17,28H,7-8,10H2,1-2H3,(H,24,27,29). The van der Waals surface area contributed by atoms with Crippen molar-refractivity contribution in [1.29, 1.82) is 0 Å². The molecule has 2 aliphatic rings. The second-order valence-corrected chi connectivity index (χ2v) is 8.70. The molecule has 2 aliphatic heterocycles. The lowest BCUT2D eigenvalue weighted by Gasteiger charge is -2.35. The molecule has 166 valence electrons. The summed E-state index contributed by atoms with van der Waals surface area (Å²) in [5.74, 6) is 0.822. The van der Waals surface area contributed by atoms with Gasteiger partial charge in [0.1, 0.15) is 6.04 Å². The van der Waals surface area contributed by atoms with Gasteiger partial charge in [0.25, 0.3) is 5.56 Å². The number of nitrogens with one attached hydrogen (secondary N) is 2. The molecule has 0 amide bonds. The molecule has 3 aromatic rings. The van der Waals surface area contributed by atoms with E-state index in [9.17, 15) is 14.7 Å². The predicted octanol–water partition coefficient (Wildman–Crippen LogP) is 0.259. The van der Waals surface area contributed by atoms with E-state index in [0.717, 1.165) is 19.5 Å². The highest BCUT2D eigenvalue weighted by molar-refractivity contribution is 9.10. The Balaban J connectivity index is 1.78. The Labute approximate surface area is 190 Å². The number of nitrogens with zero attached hydrogens (tertiary/aromatic N) is 1. The molecule has 2 atom stereocenters. The summed E-state index contributed by atoms with van der Waals surface area (Å²) in [6, 6.07) is 7.95. The highest BCUT2D eigenvalue weighted by Crippen LogP contribution is 2.48. The summed E-state index contributed by atoms with van der Waals surface area (Å²) in [4.78, 5) is 28.9. The van der Waals surface area contributed by atoms with Crippen LogP contribution in [0.15, 0.2) is 44.4 Å². The molecule has 1 aromatic heterocycles. The van der Waals surface area contributed by atoms with E-state index in [1.165, 1.54) is 7.11 Å². The fourth-order valence-electron chi connectivity index (χ4n) is 4.53. The first-order valence-electron chi connectivity index (χ1n) is 10.0. The lowest BCUT2D eigenvalue weighted by atomic mass is 9.87. The van der Waals surface area contributed by atoms with Gasteiger partial charge in [-0.15, -0.1) is 0 Å². The van der Waals surface area contributed by atoms with Crippen LogP contribution < -0.4 is 35.5 Å². The Bertz CT molecular complexity index is 1330. The van der Waals surface area contributed by atoms with Crippen LogP contribution in [0.4, 0.5) is 0 Å². The molecule has 0 radical (unpaired) electrons. The predicted molar refractivity (Wildman–Crippen MR) is 116 cm³/mol. The summed E-state index contributed by atoms with van der Waals surface area (Å²) in [5.41, 5.74) is 0.476. The zero-order valence-corrected chi connectivity index (χ0v) is 18.9. The Morgan fingerprint density at radius 2 is 1.97 bits per heavy atom. The molecule has 2 unspecified atom stereocenters. The monoisotopic (exact) mass is 501 g/mol. The minimum Gasteiger partial charge on any atom is -0.859 e.